The molecule has 0 unspecified atom stereocenters. The molecule has 0 radical (unpaired) electrons. The first-order valence-electron chi connectivity index (χ1n) is 8.70. The van der Waals surface area contributed by atoms with E-state index in [-0.39, 0.29) is 23.8 Å². The second-order valence-electron chi connectivity index (χ2n) is 6.31. The summed E-state index contributed by atoms with van der Waals surface area (Å²) >= 11 is 0. The molecule has 0 atom stereocenters. The second kappa shape index (κ2) is 7.25. The lowest BCUT2D eigenvalue weighted by Gasteiger charge is -2.06. The van der Waals surface area contributed by atoms with Crippen LogP contribution < -0.4 is 4.74 Å². The zero-order valence-electron chi connectivity index (χ0n) is 15.4. The minimum absolute atomic E-state index is 0.0544. The summed E-state index contributed by atoms with van der Waals surface area (Å²) in [5, 5.41) is 21.4. The molecule has 0 spiro atoms. The molecule has 8 heteroatoms. The third-order valence-corrected chi connectivity index (χ3v) is 4.66. The maximum absolute atomic E-state index is 13.0. The van der Waals surface area contributed by atoms with Crippen molar-refractivity contribution >= 4 is 22.5 Å². The summed E-state index contributed by atoms with van der Waals surface area (Å²) in [4.78, 5) is 23.6. The van der Waals surface area contributed by atoms with Gasteiger partial charge in [0.1, 0.15) is 11.5 Å². The summed E-state index contributed by atoms with van der Waals surface area (Å²) in [6.07, 6.45) is 1.57. The van der Waals surface area contributed by atoms with Crippen LogP contribution in [-0.2, 0) is 6.61 Å². The first kappa shape index (κ1) is 18.5. The van der Waals surface area contributed by atoms with Crippen LogP contribution in [0.1, 0.15) is 16.1 Å². The monoisotopic (exact) mass is 392 g/mol. The molecule has 0 fully saturated rings. The summed E-state index contributed by atoms with van der Waals surface area (Å²) in [6.45, 7) is -0.199. The van der Waals surface area contributed by atoms with E-state index < -0.39 is 10.8 Å². The number of nitrogens with zero attached hydrogens (tertiary/aromatic N) is 2. The number of aliphatic hydroxyl groups is 1. The molecule has 2 aromatic carbocycles. The molecule has 0 saturated carbocycles. The molecule has 4 aromatic rings. The fourth-order valence-corrected chi connectivity index (χ4v) is 3.26. The van der Waals surface area contributed by atoms with Crippen LogP contribution >= 0.6 is 0 Å². The van der Waals surface area contributed by atoms with Gasteiger partial charge in [-0.25, -0.2) is 0 Å². The number of hydrogen-bond acceptors (Lipinski definition) is 6. The van der Waals surface area contributed by atoms with E-state index in [4.69, 9.17) is 9.15 Å². The van der Waals surface area contributed by atoms with Crippen LogP contribution in [0, 0.1) is 10.1 Å². The number of carbonyl (C=O) groups excluding carboxylic acids is 1. The first-order chi connectivity index (χ1) is 14.0. The molecular formula is C21H16N2O6. The number of hydrogen-bond donors (Lipinski definition) is 1. The maximum atomic E-state index is 13.0. The number of aromatic nitrogens is 1. The predicted octanol–water partition coefficient (Wildman–Crippen LogP) is 4.00. The molecular weight excluding hydrogens is 376 g/mol. The highest BCUT2D eigenvalue weighted by Crippen LogP contribution is 2.34. The van der Waals surface area contributed by atoms with Crippen LogP contribution in [-0.4, -0.2) is 27.6 Å². The predicted molar refractivity (Wildman–Crippen MR) is 105 cm³/mol. The molecule has 1 N–H and O–H groups in total. The molecule has 2 aromatic heterocycles. The number of ether oxygens (including phenoxy) is 1. The lowest BCUT2D eigenvalue weighted by Crippen LogP contribution is -2.09. The highest BCUT2D eigenvalue weighted by molar-refractivity contribution is 6.01. The Morgan fingerprint density at radius 1 is 1.21 bits per heavy atom. The molecule has 0 saturated heterocycles. The van der Waals surface area contributed by atoms with E-state index in [0.29, 0.717) is 22.4 Å². The number of benzene rings is 2. The van der Waals surface area contributed by atoms with Crippen molar-refractivity contribution in [2.24, 2.45) is 0 Å². The number of nitro groups is 1. The number of non-ortho nitro benzene ring substituents is 1. The summed E-state index contributed by atoms with van der Waals surface area (Å²) in [7, 11) is 1.45. The summed E-state index contributed by atoms with van der Waals surface area (Å²) in [5.41, 5.74) is 1.52. The molecule has 0 aliphatic heterocycles. The maximum Gasteiger partial charge on any atom is 0.298 e. The van der Waals surface area contributed by atoms with Crippen LogP contribution in [0.5, 0.6) is 5.75 Å². The molecule has 29 heavy (non-hydrogen) atoms. The van der Waals surface area contributed by atoms with E-state index in [1.807, 2.05) is 12.1 Å². The molecule has 0 amide bonds. The minimum Gasteiger partial charge on any atom is -0.496 e. The van der Waals surface area contributed by atoms with Gasteiger partial charge in [-0.05, 0) is 24.3 Å². The van der Waals surface area contributed by atoms with Gasteiger partial charge in [-0.1, -0.05) is 18.2 Å². The molecule has 4 rings (SSSR count). The fraction of sp³-hybridized carbons (Fsp3) is 0.0952. The van der Waals surface area contributed by atoms with E-state index in [1.165, 1.54) is 35.9 Å². The zero-order chi connectivity index (χ0) is 20.5. The Hall–Kier alpha value is -3.91. The van der Waals surface area contributed by atoms with Crippen molar-refractivity contribution in [1.29, 1.82) is 0 Å². The number of rotatable bonds is 5. The third kappa shape index (κ3) is 3.15. The summed E-state index contributed by atoms with van der Waals surface area (Å²) < 4.78 is 12.4. The number of methoxy groups -OCH3 is 1. The number of furan rings is 1. The molecule has 146 valence electrons. The highest BCUT2D eigenvalue weighted by atomic mass is 16.6. The Labute approximate surface area is 164 Å². The Kier molecular flexibility index (Phi) is 4.61. The minimum atomic E-state index is -0.514. The third-order valence-electron chi connectivity index (χ3n) is 4.66. The Balaban J connectivity index is 1.77. The van der Waals surface area contributed by atoms with Crippen LogP contribution in [0.15, 0.2) is 65.2 Å². The SMILES string of the molecule is COc1ccc([N+](=O)[O-])cc1-c1ccc(C(=O)n2cc(CO)c3ccccc32)o1. The van der Waals surface area contributed by atoms with Gasteiger partial charge in [0.05, 0.1) is 29.7 Å². The molecule has 0 aliphatic rings. The fourth-order valence-electron chi connectivity index (χ4n) is 3.26. The van der Waals surface area contributed by atoms with Gasteiger partial charge >= 0.3 is 0 Å². The number of para-hydroxylation sites is 1. The number of aliphatic hydroxyl groups excluding tert-OH is 1. The molecule has 8 nitrogen and oxygen atoms in total. The van der Waals surface area contributed by atoms with E-state index in [2.05, 4.69) is 0 Å². The normalized spacial score (nSPS) is 11.0. The van der Waals surface area contributed by atoms with Gasteiger partial charge in [-0.3, -0.25) is 19.5 Å². The van der Waals surface area contributed by atoms with Crippen molar-refractivity contribution in [2.45, 2.75) is 6.61 Å². The topological polar surface area (TPSA) is 108 Å². The van der Waals surface area contributed by atoms with Gasteiger partial charge in [-0.15, -0.1) is 0 Å². The molecule has 2 heterocycles. The lowest BCUT2D eigenvalue weighted by molar-refractivity contribution is -0.384. The number of fused-ring (bicyclic) bond motifs is 1. The van der Waals surface area contributed by atoms with Gasteiger partial charge in [0.15, 0.2) is 5.76 Å². The van der Waals surface area contributed by atoms with Crippen molar-refractivity contribution < 1.29 is 24.0 Å². The Bertz CT molecular complexity index is 1240. The summed E-state index contributed by atoms with van der Waals surface area (Å²) in [6, 6.07) is 14.4. The quantitative estimate of drug-likeness (QED) is 0.406. The second-order valence-corrected chi connectivity index (χ2v) is 6.31. The van der Waals surface area contributed by atoms with Crippen LogP contribution in [0.2, 0.25) is 0 Å². The summed E-state index contributed by atoms with van der Waals surface area (Å²) in [5.74, 6) is 0.293. The van der Waals surface area contributed by atoms with Gasteiger partial charge in [0.25, 0.3) is 11.6 Å². The van der Waals surface area contributed by atoms with Gasteiger partial charge in [-0.2, -0.15) is 0 Å². The smallest absolute Gasteiger partial charge is 0.298 e. The highest BCUT2D eigenvalue weighted by Gasteiger charge is 2.21. The van der Waals surface area contributed by atoms with Crippen LogP contribution in [0.3, 0.4) is 0 Å². The Morgan fingerprint density at radius 2 is 2.00 bits per heavy atom. The largest absolute Gasteiger partial charge is 0.496 e. The number of carbonyl (C=O) groups is 1. The Morgan fingerprint density at radius 3 is 2.72 bits per heavy atom. The van der Waals surface area contributed by atoms with Gasteiger partial charge < -0.3 is 14.3 Å². The van der Waals surface area contributed by atoms with E-state index in [0.717, 1.165) is 5.39 Å². The van der Waals surface area contributed by atoms with Gasteiger partial charge in [0.2, 0.25) is 0 Å². The molecule has 0 aliphatic carbocycles. The van der Waals surface area contributed by atoms with E-state index in [1.54, 1.807) is 24.4 Å². The van der Waals surface area contributed by atoms with Gasteiger partial charge in [0, 0.05) is 29.3 Å². The standard InChI is InChI=1S/C21H16N2O6/c1-28-18-7-6-14(23(26)27)10-16(18)19-8-9-20(29-19)21(25)22-11-13(12-24)15-4-2-3-5-17(15)22/h2-11,24H,12H2,1H3. The van der Waals surface area contributed by atoms with Crippen molar-refractivity contribution in [1.82, 2.24) is 4.57 Å². The van der Waals surface area contributed by atoms with E-state index in [9.17, 15) is 20.0 Å². The van der Waals surface area contributed by atoms with Crippen molar-refractivity contribution in [3.8, 4) is 17.1 Å². The molecule has 0 bridgehead atoms. The van der Waals surface area contributed by atoms with Crippen molar-refractivity contribution in [3.05, 3.63) is 82.2 Å². The van der Waals surface area contributed by atoms with Crippen molar-refractivity contribution in [2.75, 3.05) is 7.11 Å². The average molecular weight is 392 g/mol. The van der Waals surface area contributed by atoms with Crippen LogP contribution in [0.25, 0.3) is 22.2 Å². The first-order valence-corrected chi connectivity index (χ1v) is 8.70. The van der Waals surface area contributed by atoms with Crippen LogP contribution in [0.4, 0.5) is 5.69 Å². The van der Waals surface area contributed by atoms with E-state index >= 15 is 0 Å². The number of nitro benzene ring substituents is 1. The zero-order valence-corrected chi connectivity index (χ0v) is 15.4. The van der Waals surface area contributed by atoms with Crippen molar-refractivity contribution in [3.63, 3.8) is 0 Å². The lowest BCUT2D eigenvalue weighted by atomic mass is 10.1. The average Bonchev–Trinajstić information content (AvgIpc) is 3.38.